The number of benzene rings is 1. The summed E-state index contributed by atoms with van der Waals surface area (Å²) in [5.41, 5.74) is 0. The van der Waals surface area contributed by atoms with Crippen molar-refractivity contribution in [1.82, 2.24) is 0 Å². The molecular weight excluding hydrogens is 256 g/mol. The molecular formula is C13H19ClO2S. The van der Waals surface area contributed by atoms with E-state index in [0.29, 0.717) is 11.7 Å². The van der Waals surface area contributed by atoms with Gasteiger partial charge in [-0.05, 0) is 18.1 Å². The van der Waals surface area contributed by atoms with Gasteiger partial charge in [0.2, 0.25) is 0 Å². The first kappa shape index (κ1) is 14.8. The van der Waals surface area contributed by atoms with Crippen LogP contribution in [0.25, 0.3) is 0 Å². The largest absolute Gasteiger partial charge is 0.390 e. The minimum atomic E-state index is -0.485. The van der Waals surface area contributed by atoms with Gasteiger partial charge in [-0.3, -0.25) is 0 Å². The van der Waals surface area contributed by atoms with E-state index in [4.69, 9.17) is 16.3 Å². The van der Waals surface area contributed by atoms with Crippen molar-refractivity contribution in [2.24, 2.45) is 5.92 Å². The Bertz CT molecular complexity index is 344. The fourth-order valence-corrected chi connectivity index (χ4v) is 2.93. The summed E-state index contributed by atoms with van der Waals surface area (Å²) < 4.78 is 5.30. The van der Waals surface area contributed by atoms with Crippen LogP contribution in [0.15, 0.2) is 29.2 Å². The minimum absolute atomic E-state index is 0.134. The van der Waals surface area contributed by atoms with Crippen LogP contribution in [0.4, 0.5) is 0 Å². The number of rotatable bonds is 6. The predicted octanol–water partition coefficient (Wildman–Crippen LogP) is 3.46. The Kier molecular flexibility index (Phi) is 6.34. The second-order valence-corrected chi connectivity index (χ2v) is 5.72. The number of aliphatic hydroxyl groups excluding tert-OH is 1. The monoisotopic (exact) mass is 274 g/mol. The van der Waals surface area contributed by atoms with Gasteiger partial charge in [-0.2, -0.15) is 0 Å². The number of aliphatic hydroxyl groups is 1. The molecule has 0 heterocycles. The van der Waals surface area contributed by atoms with Crippen LogP contribution in [0, 0.1) is 5.92 Å². The molecule has 17 heavy (non-hydrogen) atoms. The van der Waals surface area contributed by atoms with E-state index in [9.17, 15) is 5.11 Å². The lowest BCUT2D eigenvalue weighted by Gasteiger charge is -2.24. The van der Waals surface area contributed by atoms with E-state index in [1.807, 2.05) is 38.1 Å². The summed E-state index contributed by atoms with van der Waals surface area (Å²) in [6.07, 6.45) is -0.619. The molecule has 0 fully saturated rings. The van der Waals surface area contributed by atoms with Crippen LogP contribution < -0.4 is 0 Å². The fourth-order valence-electron chi connectivity index (χ4n) is 1.71. The highest BCUT2D eigenvalue weighted by molar-refractivity contribution is 7.99. The molecule has 0 aliphatic heterocycles. The summed E-state index contributed by atoms with van der Waals surface area (Å²) in [5.74, 6) is 0.877. The number of hydrogen-bond acceptors (Lipinski definition) is 3. The Morgan fingerprint density at radius 2 is 2.00 bits per heavy atom. The lowest BCUT2D eigenvalue weighted by atomic mass is 10.0. The highest BCUT2D eigenvalue weighted by Crippen LogP contribution is 2.28. The lowest BCUT2D eigenvalue weighted by Crippen LogP contribution is -2.34. The minimum Gasteiger partial charge on any atom is -0.390 e. The summed E-state index contributed by atoms with van der Waals surface area (Å²) >= 11 is 7.60. The molecule has 1 aromatic carbocycles. The molecule has 0 radical (unpaired) electrons. The second-order valence-electron chi connectivity index (χ2n) is 4.25. The SMILES string of the molecule is COC(C(C)C)C(O)CSc1ccccc1Cl. The predicted molar refractivity (Wildman–Crippen MR) is 73.8 cm³/mol. The molecule has 2 atom stereocenters. The van der Waals surface area contributed by atoms with E-state index >= 15 is 0 Å². The highest BCUT2D eigenvalue weighted by Gasteiger charge is 2.22. The summed E-state index contributed by atoms with van der Waals surface area (Å²) in [6.45, 7) is 4.08. The van der Waals surface area contributed by atoms with Crippen molar-refractivity contribution < 1.29 is 9.84 Å². The molecule has 0 bridgehead atoms. The van der Waals surface area contributed by atoms with Crippen molar-refractivity contribution in [1.29, 1.82) is 0 Å². The van der Waals surface area contributed by atoms with Gasteiger partial charge in [0, 0.05) is 17.8 Å². The van der Waals surface area contributed by atoms with Gasteiger partial charge in [-0.25, -0.2) is 0 Å². The second kappa shape index (κ2) is 7.27. The van der Waals surface area contributed by atoms with E-state index in [2.05, 4.69) is 0 Å². The Labute approximate surface area is 112 Å². The normalized spacial score (nSPS) is 14.9. The van der Waals surface area contributed by atoms with Gasteiger partial charge < -0.3 is 9.84 Å². The Balaban J connectivity index is 2.53. The number of ether oxygens (including phenoxy) is 1. The number of thioether (sulfide) groups is 1. The van der Waals surface area contributed by atoms with E-state index < -0.39 is 6.10 Å². The van der Waals surface area contributed by atoms with E-state index in [0.717, 1.165) is 9.92 Å². The lowest BCUT2D eigenvalue weighted by molar-refractivity contribution is -0.0263. The number of hydrogen-bond donors (Lipinski definition) is 1. The average molecular weight is 275 g/mol. The van der Waals surface area contributed by atoms with Crippen molar-refractivity contribution >= 4 is 23.4 Å². The topological polar surface area (TPSA) is 29.5 Å². The van der Waals surface area contributed by atoms with Crippen LogP contribution in [0.1, 0.15) is 13.8 Å². The molecule has 1 aromatic rings. The molecule has 2 unspecified atom stereocenters. The van der Waals surface area contributed by atoms with Crippen LogP contribution in [-0.4, -0.2) is 30.2 Å². The first-order chi connectivity index (χ1) is 8.06. The zero-order chi connectivity index (χ0) is 12.8. The molecule has 0 spiro atoms. The highest BCUT2D eigenvalue weighted by atomic mass is 35.5. The maximum atomic E-state index is 10.0. The summed E-state index contributed by atoms with van der Waals surface area (Å²) in [7, 11) is 1.63. The first-order valence-corrected chi connectivity index (χ1v) is 7.00. The van der Waals surface area contributed by atoms with Crippen LogP contribution in [0.3, 0.4) is 0 Å². The van der Waals surface area contributed by atoms with Crippen LogP contribution >= 0.6 is 23.4 Å². The van der Waals surface area contributed by atoms with Gasteiger partial charge in [-0.1, -0.05) is 37.6 Å². The molecule has 0 saturated heterocycles. The molecule has 0 aliphatic rings. The molecule has 4 heteroatoms. The Morgan fingerprint density at radius 1 is 1.35 bits per heavy atom. The van der Waals surface area contributed by atoms with Crippen molar-refractivity contribution in [2.45, 2.75) is 31.0 Å². The smallest absolute Gasteiger partial charge is 0.0897 e. The Hall–Kier alpha value is -0.220. The summed E-state index contributed by atoms with van der Waals surface area (Å²) in [5, 5.41) is 10.8. The van der Waals surface area contributed by atoms with Gasteiger partial charge in [-0.15, -0.1) is 11.8 Å². The third kappa shape index (κ3) is 4.51. The van der Waals surface area contributed by atoms with Gasteiger partial charge in [0.05, 0.1) is 17.2 Å². The molecule has 0 aromatic heterocycles. The van der Waals surface area contributed by atoms with E-state index in [1.54, 1.807) is 18.9 Å². The molecule has 1 N–H and O–H groups in total. The third-order valence-corrected chi connectivity index (χ3v) is 4.17. The number of methoxy groups -OCH3 is 1. The zero-order valence-corrected chi connectivity index (χ0v) is 12.0. The molecule has 0 aliphatic carbocycles. The summed E-state index contributed by atoms with van der Waals surface area (Å²) in [6, 6.07) is 7.65. The van der Waals surface area contributed by atoms with E-state index in [1.165, 1.54) is 0 Å². The molecule has 1 rings (SSSR count). The van der Waals surface area contributed by atoms with Crippen LogP contribution in [-0.2, 0) is 4.74 Å². The van der Waals surface area contributed by atoms with Crippen LogP contribution in [0.2, 0.25) is 5.02 Å². The van der Waals surface area contributed by atoms with Crippen molar-refractivity contribution in [3.05, 3.63) is 29.3 Å². The Morgan fingerprint density at radius 3 is 2.53 bits per heavy atom. The van der Waals surface area contributed by atoms with Crippen LogP contribution in [0.5, 0.6) is 0 Å². The fraction of sp³-hybridized carbons (Fsp3) is 0.538. The van der Waals surface area contributed by atoms with Gasteiger partial charge >= 0.3 is 0 Å². The zero-order valence-electron chi connectivity index (χ0n) is 10.4. The van der Waals surface area contributed by atoms with Crippen molar-refractivity contribution in [3.63, 3.8) is 0 Å². The van der Waals surface area contributed by atoms with Gasteiger partial charge in [0.25, 0.3) is 0 Å². The maximum Gasteiger partial charge on any atom is 0.0897 e. The van der Waals surface area contributed by atoms with E-state index in [-0.39, 0.29) is 6.10 Å². The van der Waals surface area contributed by atoms with Gasteiger partial charge in [0.15, 0.2) is 0 Å². The molecule has 0 amide bonds. The van der Waals surface area contributed by atoms with Crippen molar-refractivity contribution in [3.8, 4) is 0 Å². The number of halogens is 1. The average Bonchev–Trinajstić information content (AvgIpc) is 2.28. The maximum absolute atomic E-state index is 10.0. The van der Waals surface area contributed by atoms with Gasteiger partial charge in [0.1, 0.15) is 0 Å². The molecule has 0 saturated carbocycles. The standard InChI is InChI=1S/C13H19ClO2S/c1-9(2)13(16-3)11(15)8-17-12-7-5-4-6-10(12)14/h4-7,9,11,13,15H,8H2,1-3H3. The molecule has 2 nitrogen and oxygen atoms in total. The third-order valence-electron chi connectivity index (χ3n) is 2.55. The van der Waals surface area contributed by atoms with Crippen molar-refractivity contribution in [2.75, 3.05) is 12.9 Å². The molecule has 96 valence electrons. The first-order valence-electron chi connectivity index (χ1n) is 5.64. The quantitative estimate of drug-likeness (QED) is 0.806. The summed E-state index contributed by atoms with van der Waals surface area (Å²) in [4.78, 5) is 0.992.